The maximum absolute atomic E-state index is 12.0. The molecule has 0 saturated heterocycles. The third kappa shape index (κ3) is 5.09. The van der Waals surface area contributed by atoms with E-state index in [1.807, 2.05) is 4.72 Å². The number of primary sulfonamides is 1. The second-order valence-electron chi connectivity index (χ2n) is 3.83. The standard InChI is InChI=1S/C9H10Cl2N2O6S2/c10-6-4-7(11)8(3-5(6)9(14)15)21(18,19)13-1-2-20(12,16)17/h3-4,13H,1-2H2,(H,14,15)(H2,12,16,17). The zero-order valence-electron chi connectivity index (χ0n) is 10.2. The van der Waals surface area contributed by atoms with Crippen LogP contribution >= 0.6 is 23.2 Å². The first kappa shape index (κ1) is 18.1. The minimum atomic E-state index is -4.21. The van der Waals surface area contributed by atoms with Gasteiger partial charge in [0.1, 0.15) is 4.90 Å². The van der Waals surface area contributed by atoms with E-state index in [4.69, 9.17) is 33.4 Å². The average Bonchev–Trinajstić information content (AvgIpc) is 2.25. The molecule has 0 atom stereocenters. The molecular formula is C9H10Cl2N2O6S2. The number of carboxylic acid groups (broad SMARTS) is 1. The number of hydrogen-bond donors (Lipinski definition) is 3. The van der Waals surface area contributed by atoms with Gasteiger partial charge in [0.05, 0.1) is 21.4 Å². The fourth-order valence-electron chi connectivity index (χ4n) is 1.29. The van der Waals surface area contributed by atoms with Gasteiger partial charge < -0.3 is 5.11 Å². The molecule has 4 N–H and O–H groups in total. The first-order valence-electron chi connectivity index (χ1n) is 5.16. The lowest BCUT2D eigenvalue weighted by atomic mass is 10.2. The minimum absolute atomic E-state index is 0.226. The first-order chi connectivity index (χ1) is 9.44. The van der Waals surface area contributed by atoms with Crippen molar-refractivity contribution in [3.8, 4) is 0 Å². The summed E-state index contributed by atoms with van der Waals surface area (Å²) in [6, 6.07) is 1.76. The smallest absolute Gasteiger partial charge is 0.337 e. The van der Waals surface area contributed by atoms with E-state index in [-0.39, 0.29) is 10.0 Å². The van der Waals surface area contributed by atoms with Crippen molar-refractivity contribution in [1.82, 2.24) is 4.72 Å². The Morgan fingerprint density at radius 2 is 1.76 bits per heavy atom. The van der Waals surface area contributed by atoms with Gasteiger partial charge in [-0.2, -0.15) is 0 Å². The van der Waals surface area contributed by atoms with Crippen molar-refractivity contribution in [2.45, 2.75) is 4.90 Å². The molecule has 0 bridgehead atoms. The molecule has 0 radical (unpaired) electrons. The highest BCUT2D eigenvalue weighted by Gasteiger charge is 2.22. The molecule has 1 aromatic carbocycles. The van der Waals surface area contributed by atoms with Gasteiger partial charge in [0.2, 0.25) is 20.0 Å². The van der Waals surface area contributed by atoms with Gasteiger partial charge >= 0.3 is 5.97 Å². The summed E-state index contributed by atoms with van der Waals surface area (Å²) in [6.07, 6.45) is 0. The maximum atomic E-state index is 12.0. The Labute approximate surface area is 130 Å². The summed E-state index contributed by atoms with van der Waals surface area (Å²) < 4.78 is 47.3. The maximum Gasteiger partial charge on any atom is 0.337 e. The topological polar surface area (TPSA) is 144 Å². The van der Waals surface area contributed by atoms with E-state index >= 15 is 0 Å². The molecule has 0 aliphatic rings. The third-order valence-electron chi connectivity index (χ3n) is 2.22. The molecule has 8 nitrogen and oxygen atoms in total. The van der Waals surface area contributed by atoms with Crippen LogP contribution in [0.15, 0.2) is 17.0 Å². The van der Waals surface area contributed by atoms with E-state index in [1.54, 1.807) is 0 Å². The SMILES string of the molecule is NS(=O)(=O)CCNS(=O)(=O)c1cc(C(=O)O)c(Cl)cc1Cl. The summed E-state index contributed by atoms with van der Waals surface area (Å²) in [5.41, 5.74) is -0.451. The van der Waals surface area contributed by atoms with Crippen LogP contribution in [0, 0.1) is 0 Å². The van der Waals surface area contributed by atoms with Gasteiger partial charge in [0.15, 0.2) is 0 Å². The van der Waals surface area contributed by atoms with E-state index in [2.05, 4.69) is 0 Å². The van der Waals surface area contributed by atoms with Gasteiger partial charge in [-0.3, -0.25) is 0 Å². The Morgan fingerprint density at radius 3 is 2.24 bits per heavy atom. The lowest BCUT2D eigenvalue weighted by Crippen LogP contribution is -2.31. The molecule has 0 aliphatic heterocycles. The van der Waals surface area contributed by atoms with Crippen LogP contribution in [0.3, 0.4) is 0 Å². The molecule has 12 heteroatoms. The first-order valence-corrected chi connectivity index (χ1v) is 9.12. The molecule has 21 heavy (non-hydrogen) atoms. The van der Waals surface area contributed by atoms with Gasteiger partial charge in [0.25, 0.3) is 0 Å². The summed E-state index contributed by atoms with van der Waals surface area (Å²) in [5.74, 6) is -2.05. The van der Waals surface area contributed by atoms with E-state index in [0.717, 1.165) is 12.1 Å². The Hall–Kier alpha value is -0.910. The number of carbonyl (C=O) groups is 1. The monoisotopic (exact) mass is 376 g/mol. The molecule has 0 unspecified atom stereocenters. The van der Waals surface area contributed by atoms with Crippen molar-refractivity contribution < 1.29 is 26.7 Å². The van der Waals surface area contributed by atoms with Crippen LogP contribution in [0.2, 0.25) is 10.0 Å². The van der Waals surface area contributed by atoms with Crippen LogP contribution in [0.4, 0.5) is 0 Å². The summed E-state index contributed by atoms with van der Waals surface area (Å²) in [5, 5.41) is 13.1. The van der Waals surface area contributed by atoms with E-state index < -0.39 is 48.8 Å². The Kier molecular flexibility index (Phi) is 5.58. The fraction of sp³-hybridized carbons (Fsp3) is 0.222. The average molecular weight is 377 g/mol. The molecule has 1 aromatic rings. The number of halogens is 2. The zero-order valence-corrected chi connectivity index (χ0v) is 13.4. The largest absolute Gasteiger partial charge is 0.478 e. The fourth-order valence-corrected chi connectivity index (χ4v) is 3.69. The van der Waals surface area contributed by atoms with Gasteiger partial charge in [-0.15, -0.1) is 0 Å². The van der Waals surface area contributed by atoms with Gasteiger partial charge in [-0.25, -0.2) is 31.5 Å². The second-order valence-corrected chi connectivity index (χ2v) is 8.12. The van der Waals surface area contributed by atoms with Crippen molar-refractivity contribution in [2.24, 2.45) is 5.14 Å². The van der Waals surface area contributed by atoms with Crippen LogP contribution < -0.4 is 9.86 Å². The molecule has 0 heterocycles. The lowest BCUT2D eigenvalue weighted by molar-refractivity contribution is 0.0697. The van der Waals surface area contributed by atoms with E-state index in [1.165, 1.54) is 0 Å². The van der Waals surface area contributed by atoms with Crippen LogP contribution in [0.25, 0.3) is 0 Å². The minimum Gasteiger partial charge on any atom is -0.478 e. The Balaban J connectivity index is 3.14. The molecular weight excluding hydrogens is 367 g/mol. The predicted molar refractivity (Wildman–Crippen MR) is 76.6 cm³/mol. The number of benzene rings is 1. The third-order valence-corrected chi connectivity index (χ3v) is 5.23. The molecule has 118 valence electrons. The van der Waals surface area contributed by atoms with Crippen LogP contribution in [-0.4, -0.2) is 40.2 Å². The molecule has 0 fully saturated rings. The predicted octanol–water partition coefficient (Wildman–Crippen LogP) is 0.258. The number of nitrogens with two attached hydrogens (primary N) is 1. The van der Waals surface area contributed by atoms with Crippen LogP contribution in [-0.2, 0) is 20.0 Å². The van der Waals surface area contributed by atoms with Crippen molar-refractivity contribution in [3.63, 3.8) is 0 Å². The number of sulfonamides is 2. The van der Waals surface area contributed by atoms with Crippen molar-refractivity contribution in [2.75, 3.05) is 12.3 Å². The second kappa shape index (κ2) is 6.46. The number of rotatable bonds is 6. The molecule has 0 aliphatic carbocycles. The number of hydrogen-bond acceptors (Lipinski definition) is 5. The highest BCUT2D eigenvalue weighted by molar-refractivity contribution is 7.90. The quantitative estimate of drug-likeness (QED) is 0.649. The number of nitrogens with one attached hydrogen (secondary N) is 1. The Morgan fingerprint density at radius 1 is 1.19 bits per heavy atom. The molecule has 0 amide bonds. The summed E-state index contributed by atoms with van der Waals surface area (Å²) in [4.78, 5) is 10.4. The summed E-state index contributed by atoms with van der Waals surface area (Å²) >= 11 is 11.4. The summed E-state index contributed by atoms with van der Waals surface area (Å²) in [6.45, 7) is -0.484. The van der Waals surface area contributed by atoms with Crippen molar-refractivity contribution in [3.05, 3.63) is 27.7 Å². The zero-order chi connectivity index (χ0) is 16.4. The molecule has 0 aromatic heterocycles. The number of carboxylic acids is 1. The van der Waals surface area contributed by atoms with Gasteiger partial charge in [-0.05, 0) is 12.1 Å². The lowest BCUT2D eigenvalue weighted by Gasteiger charge is -2.09. The van der Waals surface area contributed by atoms with Gasteiger partial charge in [-0.1, -0.05) is 23.2 Å². The van der Waals surface area contributed by atoms with Crippen molar-refractivity contribution in [1.29, 1.82) is 0 Å². The summed E-state index contributed by atoms with van der Waals surface area (Å²) in [7, 11) is -8.05. The van der Waals surface area contributed by atoms with Crippen molar-refractivity contribution >= 4 is 49.2 Å². The highest BCUT2D eigenvalue weighted by atomic mass is 35.5. The normalized spacial score (nSPS) is 12.3. The Bertz CT molecular complexity index is 776. The molecule has 0 spiro atoms. The highest BCUT2D eigenvalue weighted by Crippen LogP contribution is 2.28. The van der Waals surface area contributed by atoms with E-state index in [9.17, 15) is 21.6 Å². The van der Waals surface area contributed by atoms with Gasteiger partial charge in [0, 0.05) is 6.54 Å². The van der Waals surface area contributed by atoms with E-state index in [0.29, 0.717) is 0 Å². The van der Waals surface area contributed by atoms with Crippen LogP contribution in [0.5, 0.6) is 0 Å². The number of aromatic carboxylic acids is 1. The van der Waals surface area contributed by atoms with Crippen LogP contribution in [0.1, 0.15) is 10.4 Å². The molecule has 0 saturated carbocycles. The molecule has 1 rings (SSSR count).